The molecule has 0 amide bonds. The topological polar surface area (TPSA) is 0 Å². The highest BCUT2D eigenvalue weighted by Crippen LogP contribution is 2.65. The molecule has 1 aliphatic rings. The summed E-state index contributed by atoms with van der Waals surface area (Å²) in [6.45, 7) is 4.10. The van der Waals surface area contributed by atoms with Crippen LogP contribution in [-0.4, -0.2) is 59.7 Å². The summed E-state index contributed by atoms with van der Waals surface area (Å²) < 4.78 is 268. The highest BCUT2D eigenvalue weighted by atomic mass is 19.4. The molecule has 1 rings (SSSR count). The van der Waals surface area contributed by atoms with E-state index in [1.54, 1.807) is 0 Å². The first-order chi connectivity index (χ1) is 16.4. The van der Waals surface area contributed by atoms with E-state index in [2.05, 4.69) is 6.58 Å². The van der Waals surface area contributed by atoms with Crippen molar-refractivity contribution < 1.29 is 87.8 Å². The Morgan fingerprint density at radius 2 is 0.921 bits per heavy atom. The second kappa shape index (κ2) is 9.19. The maximum absolute atomic E-state index is 14.4. The fraction of sp³-hybridized carbons (Fsp3) is 0.889. The number of halogens is 20. The molecular weight excluding hydrogens is 596 g/mol. The zero-order valence-electron chi connectivity index (χ0n) is 18.1. The van der Waals surface area contributed by atoms with Crippen molar-refractivity contribution in [1.29, 1.82) is 0 Å². The summed E-state index contributed by atoms with van der Waals surface area (Å²) in [4.78, 5) is 0. The molecule has 0 spiro atoms. The van der Waals surface area contributed by atoms with Gasteiger partial charge in [-0.05, 0) is 24.7 Å². The van der Waals surface area contributed by atoms with Crippen LogP contribution in [0.5, 0.6) is 0 Å². The molecule has 0 N–H and O–H groups in total. The van der Waals surface area contributed by atoms with Gasteiger partial charge in [-0.3, -0.25) is 0 Å². The van der Waals surface area contributed by atoms with Crippen LogP contribution >= 0.6 is 0 Å². The van der Waals surface area contributed by atoms with Crippen LogP contribution in [0.4, 0.5) is 87.8 Å². The van der Waals surface area contributed by atoms with Crippen LogP contribution in [0.3, 0.4) is 0 Å². The molecule has 4 unspecified atom stereocenters. The summed E-state index contributed by atoms with van der Waals surface area (Å²) in [7, 11) is 0. The van der Waals surface area contributed by atoms with Gasteiger partial charge in [0.25, 0.3) is 5.92 Å². The van der Waals surface area contributed by atoms with E-state index < -0.39 is 83.9 Å². The molecular formula is C18H14F20. The van der Waals surface area contributed by atoms with E-state index in [0.29, 0.717) is 6.08 Å². The molecule has 0 aromatic carbocycles. The Balaban J connectivity index is 3.67. The van der Waals surface area contributed by atoms with Crippen molar-refractivity contribution in [2.24, 2.45) is 17.8 Å². The first-order valence-corrected chi connectivity index (χ1v) is 9.71. The Kier molecular flexibility index (Phi) is 8.31. The highest BCUT2D eigenvalue weighted by molar-refractivity contribution is 5.17. The van der Waals surface area contributed by atoms with Gasteiger partial charge < -0.3 is 0 Å². The molecule has 226 valence electrons. The smallest absolute Gasteiger partial charge is 0.234 e. The molecule has 1 aliphatic carbocycles. The third-order valence-corrected chi connectivity index (χ3v) is 6.05. The molecule has 0 aromatic rings. The van der Waals surface area contributed by atoms with E-state index >= 15 is 0 Å². The summed E-state index contributed by atoms with van der Waals surface area (Å²) in [6.07, 6.45) is -14.6. The molecule has 0 nitrogen and oxygen atoms in total. The van der Waals surface area contributed by atoms with Crippen LogP contribution in [0, 0.1) is 17.8 Å². The van der Waals surface area contributed by atoms with Crippen molar-refractivity contribution in [3.63, 3.8) is 0 Å². The van der Waals surface area contributed by atoms with Gasteiger partial charge >= 0.3 is 47.6 Å². The number of alkyl halides is 20. The van der Waals surface area contributed by atoms with Crippen molar-refractivity contribution in [3.8, 4) is 0 Å². The van der Waals surface area contributed by atoms with Crippen molar-refractivity contribution >= 4 is 0 Å². The molecule has 0 aromatic heterocycles. The Labute approximate surface area is 199 Å². The average Bonchev–Trinajstić information content (AvgIpc) is 3.13. The third-order valence-electron chi connectivity index (χ3n) is 6.05. The first kappa shape index (κ1) is 34.4. The van der Waals surface area contributed by atoms with Crippen LogP contribution in [0.2, 0.25) is 0 Å². The second-order valence-corrected chi connectivity index (χ2v) is 8.69. The standard InChI is InChI=1S/C18H14F20/c1-3-7-4-6(2)5-8(7)10(20,21)9(19)11(22,23)12(24,25)13(26,27)14(28,29)15(30,31)16(32,33)17(34,35)18(36,37)38/h3,6-9H,1,4-5H2,2H3. The normalized spacial score (nSPS) is 24.5. The van der Waals surface area contributed by atoms with Crippen LogP contribution in [0.15, 0.2) is 12.7 Å². The zero-order valence-corrected chi connectivity index (χ0v) is 18.1. The molecule has 1 fully saturated rings. The second-order valence-electron chi connectivity index (χ2n) is 8.69. The number of hydrogen-bond donors (Lipinski definition) is 0. The average molecular weight is 610 g/mol. The van der Waals surface area contributed by atoms with E-state index in [0.717, 1.165) is 6.92 Å². The van der Waals surface area contributed by atoms with E-state index in [1.165, 1.54) is 0 Å². The van der Waals surface area contributed by atoms with Gasteiger partial charge in [-0.15, -0.1) is 6.58 Å². The van der Waals surface area contributed by atoms with Gasteiger partial charge in [-0.25, -0.2) is 13.2 Å². The first-order valence-electron chi connectivity index (χ1n) is 9.71. The van der Waals surface area contributed by atoms with Crippen molar-refractivity contribution in [1.82, 2.24) is 0 Å². The van der Waals surface area contributed by atoms with E-state index in [4.69, 9.17) is 0 Å². The maximum atomic E-state index is 14.4. The summed E-state index contributed by atoms with van der Waals surface area (Å²) in [6, 6.07) is 0. The lowest BCUT2D eigenvalue weighted by atomic mass is 9.82. The SMILES string of the molecule is C=CC1CC(C)CC1C(F)(F)C(F)C(F)(F)C(F)(F)C(F)(F)C(F)(F)C(F)(F)C(F)(F)C(F)(F)C(F)(F)F. The minimum Gasteiger partial charge on any atom is -0.234 e. The minimum absolute atomic E-state index is 0.388. The van der Waals surface area contributed by atoms with Crippen LogP contribution in [-0.2, 0) is 0 Å². The highest BCUT2D eigenvalue weighted by Gasteiger charge is 2.96. The van der Waals surface area contributed by atoms with Crippen molar-refractivity contribution in [2.75, 3.05) is 0 Å². The van der Waals surface area contributed by atoms with Gasteiger partial charge in [0, 0.05) is 5.92 Å². The lowest BCUT2D eigenvalue weighted by molar-refractivity contribution is -0.465. The molecule has 1 saturated carbocycles. The fourth-order valence-corrected chi connectivity index (χ4v) is 3.80. The summed E-state index contributed by atoms with van der Waals surface area (Å²) in [5.74, 6) is -71.3. The van der Waals surface area contributed by atoms with Gasteiger partial charge in [-0.1, -0.05) is 13.0 Å². The summed E-state index contributed by atoms with van der Waals surface area (Å²) >= 11 is 0. The van der Waals surface area contributed by atoms with Gasteiger partial charge in [0.05, 0.1) is 0 Å². The lowest BCUT2D eigenvalue weighted by Gasteiger charge is -2.44. The van der Waals surface area contributed by atoms with Crippen LogP contribution < -0.4 is 0 Å². The largest absolute Gasteiger partial charge is 0.460 e. The Morgan fingerprint density at radius 3 is 1.26 bits per heavy atom. The molecule has 20 heteroatoms. The van der Waals surface area contributed by atoms with Gasteiger partial charge in [-0.2, -0.15) is 74.6 Å². The van der Waals surface area contributed by atoms with E-state index in [1.807, 2.05) is 0 Å². The molecule has 0 bridgehead atoms. The van der Waals surface area contributed by atoms with E-state index in [-0.39, 0.29) is 6.42 Å². The molecule has 0 saturated heterocycles. The number of hydrogen-bond acceptors (Lipinski definition) is 0. The summed E-state index contributed by atoms with van der Waals surface area (Å²) in [5.41, 5.74) is 0. The van der Waals surface area contributed by atoms with Crippen molar-refractivity contribution in [3.05, 3.63) is 12.7 Å². The van der Waals surface area contributed by atoms with Gasteiger partial charge in [0.15, 0.2) is 0 Å². The molecule has 0 heterocycles. The van der Waals surface area contributed by atoms with Crippen molar-refractivity contribution in [2.45, 2.75) is 79.5 Å². The monoisotopic (exact) mass is 610 g/mol. The quantitative estimate of drug-likeness (QED) is 0.171. The van der Waals surface area contributed by atoms with Gasteiger partial charge in [0.1, 0.15) is 0 Å². The lowest BCUT2D eigenvalue weighted by Crippen LogP contribution is -2.75. The zero-order chi connectivity index (χ0) is 30.9. The molecule has 0 aliphatic heterocycles. The molecule has 38 heavy (non-hydrogen) atoms. The maximum Gasteiger partial charge on any atom is 0.460 e. The van der Waals surface area contributed by atoms with E-state index in [9.17, 15) is 87.8 Å². The minimum atomic E-state index is -8.97. The Morgan fingerprint density at radius 1 is 0.579 bits per heavy atom. The van der Waals surface area contributed by atoms with Gasteiger partial charge in [0.2, 0.25) is 6.17 Å². The predicted molar refractivity (Wildman–Crippen MR) is 86.1 cm³/mol. The Hall–Kier alpha value is -1.66. The molecule has 4 atom stereocenters. The van der Waals surface area contributed by atoms with Crippen LogP contribution in [0.25, 0.3) is 0 Å². The fourth-order valence-electron chi connectivity index (χ4n) is 3.80. The third kappa shape index (κ3) is 4.38. The summed E-state index contributed by atoms with van der Waals surface area (Å²) in [5, 5.41) is 0. The molecule has 0 radical (unpaired) electrons. The predicted octanol–water partition coefficient (Wildman–Crippen LogP) is 8.82. The number of allylic oxidation sites excluding steroid dienone is 1. The Bertz CT molecular complexity index is 868. The van der Waals surface area contributed by atoms with Crippen LogP contribution in [0.1, 0.15) is 19.8 Å². The number of rotatable bonds is 10.